The SMILES string of the molecule is Cc1nc(CSc2ccc(C(=O)N3CCNCC3)cc2)cs1. The number of aryl methyl sites for hydroxylation is 1. The number of thiazole rings is 1. The van der Waals surface area contributed by atoms with E-state index in [-0.39, 0.29) is 5.91 Å². The van der Waals surface area contributed by atoms with Crippen LogP contribution in [0.3, 0.4) is 0 Å². The summed E-state index contributed by atoms with van der Waals surface area (Å²) < 4.78 is 0. The first-order valence-corrected chi connectivity index (χ1v) is 9.23. The first-order chi connectivity index (χ1) is 10.7. The third-order valence-electron chi connectivity index (χ3n) is 3.56. The average Bonchev–Trinajstić information content (AvgIpc) is 2.99. The van der Waals surface area contributed by atoms with Crippen molar-refractivity contribution in [1.82, 2.24) is 15.2 Å². The Bertz CT molecular complexity index is 633. The first kappa shape index (κ1) is 15.5. The van der Waals surface area contributed by atoms with Gasteiger partial charge in [-0.25, -0.2) is 4.98 Å². The molecular weight excluding hydrogens is 314 g/mol. The van der Waals surface area contributed by atoms with E-state index in [1.165, 1.54) is 4.90 Å². The van der Waals surface area contributed by atoms with Crippen LogP contribution in [-0.4, -0.2) is 42.0 Å². The molecule has 0 spiro atoms. The van der Waals surface area contributed by atoms with Gasteiger partial charge in [0.15, 0.2) is 0 Å². The minimum atomic E-state index is 0.133. The maximum absolute atomic E-state index is 12.4. The van der Waals surface area contributed by atoms with Crippen molar-refractivity contribution in [2.75, 3.05) is 26.2 Å². The summed E-state index contributed by atoms with van der Waals surface area (Å²) in [6.45, 7) is 5.37. The number of aromatic nitrogens is 1. The van der Waals surface area contributed by atoms with Crippen molar-refractivity contribution in [3.63, 3.8) is 0 Å². The molecule has 1 saturated heterocycles. The third-order valence-corrected chi connectivity index (χ3v) is 5.43. The monoisotopic (exact) mass is 333 g/mol. The van der Waals surface area contributed by atoms with E-state index in [4.69, 9.17) is 0 Å². The van der Waals surface area contributed by atoms with Gasteiger partial charge in [0.25, 0.3) is 5.91 Å². The van der Waals surface area contributed by atoms with E-state index in [1.54, 1.807) is 23.1 Å². The zero-order valence-corrected chi connectivity index (χ0v) is 14.2. The molecule has 1 fully saturated rings. The van der Waals surface area contributed by atoms with Crippen LogP contribution >= 0.6 is 23.1 Å². The minimum absolute atomic E-state index is 0.133. The van der Waals surface area contributed by atoms with E-state index in [9.17, 15) is 4.79 Å². The number of rotatable bonds is 4. The Morgan fingerprint density at radius 3 is 2.68 bits per heavy atom. The number of carbonyl (C=O) groups excluding carboxylic acids is 1. The molecule has 1 amide bonds. The van der Waals surface area contributed by atoms with E-state index in [0.29, 0.717) is 0 Å². The molecule has 0 atom stereocenters. The lowest BCUT2D eigenvalue weighted by atomic mass is 10.2. The fraction of sp³-hybridized carbons (Fsp3) is 0.375. The Morgan fingerprint density at radius 2 is 2.05 bits per heavy atom. The van der Waals surface area contributed by atoms with Crippen molar-refractivity contribution in [3.8, 4) is 0 Å². The van der Waals surface area contributed by atoms with Gasteiger partial charge in [-0.05, 0) is 31.2 Å². The second-order valence-corrected chi connectivity index (χ2v) is 7.32. The number of nitrogens with zero attached hydrogens (tertiary/aromatic N) is 2. The number of amides is 1. The van der Waals surface area contributed by atoms with Gasteiger partial charge in [0.1, 0.15) is 0 Å². The normalized spacial score (nSPS) is 15.0. The predicted octanol–water partition coefficient (Wildman–Crippen LogP) is 2.79. The van der Waals surface area contributed by atoms with Gasteiger partial charge in [-0.1, -0.05) is 0 Å². The highest BCUT2D eigenvalue weighted by Crippen LogP contribution is 2.24. The van der Waals surface area contributed by atoms with Crippen molar-refractivity contribution >= 4 is 29.0 Å². The van der Waals surface area contributed by atoms with E-state index < -0.39 is 0 Å². The summed E-state index contributed by atoms with van der Waals surface area (Å²) in [7, 11) is 0. The summed E-state index contributed by atoms with van der Waals surface area (Å²) >= 11 is 3.43. The summed E-state index contributed by atoms with van der Waals surface area (Å²) in [5.74, 6) is 1.00. The quantitative estimate of drug-likeness (QED) is 0.874. The van der Waals surface area contributed by atoms with Crippen LogP contribution in [0, 0.1) is 6.92 Å². The summed E-state index contributed by atoms with van der Waals surface area (Å²) in [4.78, 5) is 19.9. The molecule has 22 heavy (non-hydrogen) atoms. The molecule has 4 nitrogen and oxygen atoms in total. The van der Waals surface area contributed by atoms with Crippen LogP contribution in [0.4, 0.5) is 0 Å². The number of hydrogen-bond acceptors (Lipinski definition) is 5. The van der Waals surface area contributed by atoms with Gasteiger partial charge in [-0.3, -0.25) is 4.79 Å². The zero-order chi connectivity index (χ0) is 15.4. The molecule has 6 heteroatoms. The molecule has 1 N–H and O–H groups in total. The molecular formula is C16H19N3OS2. The summed E-state index contributed by atoms with van der Waals surface area (Å²) in [5, 5.41) is 6.47. The number of nitrogens with one attached hydrogen (secondary N) is 1. The van der Waals surface area contributed by atoms with Gasteiger partial charge in [0.2, 0.25) is 0 Å². The van der Waals surface area contributed by atoms with E-state index in [1.807, 2.05) is 36.1 Å². The lowest BCUT2D eigenvalue weighted by Gasteiger charge is -2.27. The highest BCUT2D eigenvalue weighted by atomic mass is 32.2. The summed E-state index contributed by atoms with van der Waals surface area (Å²) in [5.41, 5.74) is 1.89. The largest absolute Gasteiger partial charge is 0.336 e. The van der Waals surface area contributed by atoms with Gasteiger partial charge >= 0.3 is 0 Å². The van der Waals surface area contributed by atoms with Gasteiger partial charge in [0, 0.05) is 47.8 Å². The summed E-state index contributed by atoms with van der Waals surface area (Å²) in [6, 6.07) is 7.91. The van der Waals surface area contributed by atoms with Gasteiger partial charge in [-0.2, -0.15) is 0 Å². The number of piperazine rings is 1. The number of carbonyl (C=O) groups is 1. The molecule has 2 heterocycles. The maximum Gasteiger partial charge on any atom is 0.253 e. The molecule has 0 aliphatic carbocycles. The molecule has 2 aromatic rings. The van der Waals surface area contributed by atoms with Gasteiger partial charge in [0.05, 0.1) is 10.7 Å². The van der Waals surface area contributed by atoms with Crippen LogP contribution in [-0.2, 0) is 5.75 Å². The molecule has 0 bridgehead atoms. The van der Waals surface area contributed by atoms with Crippen LogP contribution in [0.15, 0.2) is 34.5 Å². The number of thioether (sulfide) groups is 1. The maximum atomic E-state index is 12.4. The van der Waals surface area contributed by atoms with Crippen molar-refractivity contribution < 1.29 is 4.79 Å². The molecule has 0 saturated carbocycles. The molecule has 1 aromatic heterocycles. The van der Waals surface area contributed by atoms with Gasteiger partial charge < -0.3 is 10.2 Å². The topological polar surface area (TPSA) is 45.2 Å². The highest BCUT2D eigenvalue weighted by molar-refractivity contribution is 7.98. The van der Waals surface area contributed by atoms with Crippen LogP contribution in [0.1, 0.15) is 21.1 Å². The van der Waals surface area contributed by atoms with E-state index >= 15 is 0 Å². The average molecular weight is 333 g/mol. The molecule has 116 valence electrons. The van der Waals surface area contributed by atoms with E-state index in [0.717, 1.165) is 48.2 Å². The van der Waals surface area contributed by atoms with Crippen molar-refractivity contribution in [3.05, 3.63) is 45.9 Å². The van der Waals surface area contributed by atoms with E-state index in [2.05, 4.69) is 15.7 Å². The Balaban J connectivity index is 1.58. The second kappa shape index (κ2) is 7.26. The number of hydrogen-bond donors (Lipinski definition) is 1. The highest BCUT2D eigenvalue weighted by Gasteiger charge is 2.17. The fourth-order valence-corrected chi connectivity index (χ4v) is 3.89. The fourth-order valence-electron chi connectivity index (χ4n) is 2.38. The zero-order valence-electron chi connectivity index (χ0n) is 12.5. The third kappa shape index (κ3) is 3.88. The predicted molar refractivity (Wildman–Crippen MR) is 91.6 cm³/mol. The van der Waals surface area contributed by atoms with Crippen LogP contribution < -0.4 is 5.32 Å². The Hall–Kier alpha value is -1.37. The molecule has 3 rings (SSSR count). The standard InChI is InChI=1S/C16H19N3OS2/c1-12-18-14(10-21-12)11-22-15-4-2-13(3-5-15)16(20)19-8-6-17-7-9-19/h2-5,10,17H,6-9,11H2,1H3. The summed E-state index contributed by atoms with van der Waals surface area (Å²) in [6.07, 6.45) is 0. The lowest BCUT2D eigenvalue weighted by molar-refractivity contribution is 0.0736. The van der Waals surface area contributed by atoms with Crippen molar-refractivity contribution in [2.24, 2.45) is 0 Å². The van der Waals surface area contributed by atoms with Crippen LogP contribution in [0.2, 0.25) is 0 Å². The number of benzene rings is 1. The van der Waals surface area contributed by atoms with Crippen LogP contribution in [0.5, 0.6) is 0 Å². The molecule has 1 aliphatic heterocycles. The van der Waals surface area contributed by atoms with Crippen molar-refractivity contribution in [2.45, 2.75) is 17.6 Å². The smallest absolute Gasteiger partial charge is 0.253 e. The Labute approximate surface area is 138 Å². The molecule has 1 aliphatic rings. The van der Waals surface area contributed by atoms with Gasteiger partial charge in [-0.15, -0.1) is 23.1 Å². The molecule has 0 unspecified atom stereocenters. The lowest BCUT2D eigenvalue weighted by Crippen LogP contribution is -2.46. The van der Waals surface area contributed by atoms with Crippen LogP contribution in [0.25, 0.3) is 0 Å². The van der Waals surface area contributed by atoms with Crippen molar-refractivity contribution in [1.29, 1.82) is 0 Å². The Morgan fingerprint density at radius 1 is 1.32 bits per heavy atom. The second-order valence-electron chi connectivity index (χ2n) is 5.21. The first-order valence-electron chi connectivity index (χ1n) is 7.36. The molecule has 1 aromatic carbocycles. The Kier molecular flexibility index (Phi) is 5.12. The minimum Gasteiger partial charge on any atom is -0.336 e. The molecule has 0 radical (unpaired) electrons.